The minimum atomic E-state index is -0.371. The second kappa shape index (κ2) is 7.74. The Morgan fingerprint density at radius 2 is 2.12 bits per heavy atom. The number of rotatable bonds is 6. The highest BCUT2D eigenvalue weighted by atomic mass is 16.5. The molecule has 1 aromatic carbocycles. The Bertz CT molecular complexity index is 298. The van der Waals surface area contributed by atoms with E-state index in [-0.39, 0.29) is 6.09 Å². The normalized spacial score (nSPS) is 9.81. The van der Waals surface area contributed by atoms with Gasteiger partial charge in [0.25, 0.3) is 0 Å². The Kier molecular flexibility index (Phi) is 6.07. The maximum absolute atomic E-state index is 11.1. The summed E-state index contributed by atoms with van der Waals surface area (Å²) in [5, 5.41) is 2.60. The van der Waals surface area contributed by atoms with Crippen LogP contribution in [0.5, 0.6) is 0 Å². The van der Waals surface area contributed by atoms with E-state index in [2.05, 4.69) is 12.2 Å². The Hall–Kier alpha value is -1.51. The molecule has 3 heteroatoms. The molecule has 0 aliphatic heterocycles. The zero-order chi connectivity index (χ0) is 11.6. The van der Waals surface area contributed by atoms with E-state index in [0.717, 1.165) is 18.4 Å². The molecule has 0 aromatic heterocycles. The Labute approximate surface area is 96.8 Å². The molecule has 0 saturated carbocycles. The zero-order valence-electron chi connectivity index (χ0n) is 9.61. The molecule has 3 nitrogen and oxygen atoms in total. The average Bonchev–Trinajstić information content (AvgIpc) is 2.31. The number of alkyl carbamates (subject to hydrolysis) is 1. The van der Waals surface area contributed by atoms with E-state index in [1.165, 1.54) is 0 Å². The fraction of sp³-hybridized carbons (Fsp3) is 0.385. The highest BCUT2D eigenvalue weighted by Gasteiger charge is 2.00. The van der Waals surface area contributed by atoms with Gasteiger partial charge in [0, 0.05) is 0 Å². The van der Waals surface area contributed by atoms with Crippen LogP contribution in [0.3, 0.4) is 0 Å². The fourth-order valence-corrected chi connectivity index (χ4v) is 1.22. The van der Waals surface area contributed by atoms with Gasteiger partial charge in [0.05, 0.1) is 13.2 Å². The van der Waals surface area contributed by atoms with Crippen LogP contribution in [-0.2, 0) is 11.2 Å². The highest BCUT2D eigenvalue weighted by Crippen LogP contribution is 2.00. The van der Waals surface area contributed by atoms with E-state index in [1.54, 1.807) is 6.54 Å². The number of hydrogen-bond donors (Lipinski definition) is 1. The quantitative estimate of drug-likeness (QED) is 0.748. The van der Waals surface area contributed by atoms with E-state index >= 15 is 0 Å². The molecule has 0 unspecified atom stereocenters. The van der Waals surface area contributed by atoms with E-state index < -0.39 is 0 Å². The van der Waals surface area contributed by atoms with Crippen LogP contribution < -0.4 is 5.32 Å². The van der Waals surface area contributed by atoms with Gasteiger partial charge in [-0.15, -0.1) is 0 Å². The van der Waals surface area contributed by atoms with Crippen LogP contribution in [-0.4, -0.2) is 12.7 Å². The highest BCUT2D eigenvalue weighted by molar-refractivity contribution is 5.67. The molecular formula is C13H18NO2. The van der Waals surface area contributed by atoms with E-state index in [9.17, 15) is 4.79 Å². The molecule has 0 bridgehead atoms. The monoisotopic (exact) mass is 220 g/mol. The van der Waals surface area contributed by atoms with E-state index in [4.69, 9.17) is 4.74 Å². The van der Waals surface area contributed by atoms with Crippen molar-refractivity contribution < 1.29 is 9.53 Å². The fourth-order valence-electron chi connectivity index (χ4n) is 1.22. The zero-order valence-corrected chi connectivity index (χ0v) is 9.61. The lowest BCUT2D eigenvalue weighted by Gasteiger charge is -2.05. The minimum Gasteiger partial charge on any atom is -0.450 e. The summed E-state index contributed by atoms with van der Waals surface area (Å²) in [6.45, 7) is 4.26. The van der Waals surface area contributed by atoms with Crippen molar-refractivity contribution in [2.24, 2.45) is 0 Å². The van der Waals surface area contributed by atoms with Crippen LogP contribution in [0.25, 0.3) is 0 Å². The summed E-state index contributed by atoms with van der Waals surface area (Å²) in [6, 6.07) is 9.95. The summed E-state index contributed by atoms with van der Waals surface area (Å²) in [5.41, 5.74) is 1.16. The van der Waals surface area contributed by atoms with Crippen molar-refractivity contribution in [3.63, 3.8) is 0 Å². The lowest BCUT2D eigenvalue weighted by atomic mass is 10.1. The largest absolute Gasteiger partial charge is 0.450 e. The first-order valence-electron chi connectivity index (χ1n) is 5.62. The maximum Gasteiger partial charge on any atom is 0.407 e. The Morgan fingerprint density at radius 3 is 2.81 bits per heavy atom. The lowest BCUT2D eigenvalue weighted by molar-refractivity contribution is 0.147. The Balaban J connectivity index is 2.09. The number of nitrogens with one attached hydrogen (secondary N) is 1. The van der Waals surface area contributed by atoms with Gasteiger partial charge in [-0.1, -0.05) is 43.7 Å². The number of carbonyl (C=O) groups excluding carboxylic acids is 1. The molecule has 0 saturated heterocycles. The minimum absolute atomic E-state index is 0.371. The lowest BCUT2D eigenvalue weighted by Crippen LogP contribution is -2.22. The van der Waals surface area contributed by atoms with Gasteiger partial charge >= 0.3 is 6.09 Å². The second-order valence-electron chi connectivity index (χ2n) is 3.53. The van der Waals surface area contributed by atoms with Crippen molar-refractivity contribution in [1.82, 2.24) is 5.32 Å². The summed E-state index contributed by atoms with van der Waals surface area (Å²) < 4.78 is 4.94. The van der Waals surface area contributed by atoms with Crippen molar-refractivity contribution >= 4 is 6.09 Å². The van der Waals surface area contributed by atoms with Gasteiger partial charge in [0.2, 0.25) is 0 Å². The molecular weight excluding hydrogens is 202 g/mol. The third kappa shape index (κ3) is 5.39. The van der Waals surface area contributed by atoms with Crippen LogP contribution in [0.15, 0.2) is 30.3 Å². The number of ether oxygens (including phenoxy) is 1. The topological polar surface area (TPSA) is 38.3 Å². The predicted octanol–water partition coefficient (Wildman–Crippen LogP) is 2.92. The third-order valence-corrected chi connectivity index (χ3v) is 2.13. The summed E-state index contributed by atoms with van der Waals surface area (Å²) >= 11 is 0. The van der Waals surface area contributed by atoms with Crippen LogP contribution in [0.1, 0.15) is 25.3 Å². The van der Waals surface area contributed by atoms with Gasteiger partial charge in [0.15, 0.2) is 0 Å². The van der Waals surface area contributed by atoms with Gasteiger partial charge in [-0.3, -0.25) is 0 Å². The molecule has 1 amide bonds. The van der Waals surface area contributed by atoms with Crippen LogP contribution in [0.4, 0.5) is 4.79 Å². The first kappa shape index (κ1) is 12.6. The van der Waals surface area contributed by atoms with Gasteiger partial charge < -0.3 is 10.1 Å². The van der Waals surface area contributed by atoms with Crippen LogP contribution in [0.2, 0.25) is 0 Å². The van der Waals surface area contributed by atoms with Crippen molar-refractivity contribution in [2.45, 2.75) is 26.2 Å². The summed E-state index contributed by atoms with van der Waals surface area (Å²) in [4.78, 5) is 11.1. The smallest absolute Gasteiger partial charge is 0.407 e. The van der Waals surface area contributed by atoms with Crippen LogP contribution in [0, 0.1) is 6.54 Å². The van der Waals surface area contributed by atoms with Crippen molar-refractivity contribution in [1.29, 1.82) is 0 Å². The van der Waals surface area contributed by atoms with Gasteiger partial charge in [-0.25, -0.2) is 4.79 Å². The summed E-state index contributed by atoms with van der Waals surface area (Å²) in [5.74, 6) is 0. The molecule has 0 heterocycles. The molecule has 1 N–H and O–H groups in total. The van der Waals surface area contributed by atoms with E-state index in [1.807, 2.05) is 30.3 Å². The Morgan fingerprint density at radius 1 is 1.38 bits per heavy atom. The molecule has 0 fully saturated rings. The third-order valence-electron chi connectivity index (χ3n) is 2.13. The first-order chi connectivity index (χ1) is 7.83. The number of hydrogen-bond acceptors (Lipinski definition) is 2. The molecule has 0 spiro atoms. The number of benzene rings is 1. The maximum atomic E-state index is 11.1. The molecule has 0 aliphatic carbocycles. The van der Waals surface area contributed by atoms with Crippen LogP contribution >= 0.6 is 0 Å². The molecule has 87 valence electrons. The molecule has 0 atom stereocenters. The predicted molar refractivity (Wildman–Crippen MR) is 63.8 cm³/mol. The molecule has 1 rings (SSSR count). The molecule has 0 aliphatic rings. The first-order valence-corrected chi connectivity index (χ1v) is 5.62. The number of unbranched alkanes of at least 4 members (excludes halogenated alkanes) is 1. The van der Waals surface area contributed by atoms with Gasteiger partial charge in [-0.05, 0) is 18.4 Å². The average molecular weight is 220 g/mol. The summed E-state index contributed by atoms with van der Waals surface area (Å²) in [6.07, 6.45) is 2.28. The second-order valence-corrected chi connectivity index (χ2v) is 3.53. The molecule has 1 aromatic rings. The summed E-state index contributed by atoms with van der Waals surface area (Å²) in [7, 11) is 0. The number of carbonyl (C=O) groups is 1. The van der Waals surface area contributed by atoms with E-state index in [0.29, 0.717) is 13.0 Å². The van der Waals surface area contributed by atoms with Gasteiger partial charge in [0.1, 0.15) is 0 Å². The van der Waals surface area contributed by atoms with Crippen molar-refractivity contribution in [3.8, 4) is 0 Å². The standard InChI is InChI=1S/C13H18NO2/c1-2-3-11-16-13(15)14-10-9-12-7-5-4-6-8-12/h4-8,10H,2-3,9,11H2,1H3,(H,14,15). The van der Waals surface area contributed by atoms with Gasteiger partial charge in [-0.2, -0.15) is 0 Å². The molecule has 1 radical (unpaired) electrons. The SMILES string of the molecule is CCCCOC(=O)N[CH]Cc1ccccc1. The van der Waals surface area contributed by atoms with Crippen molar-refractivity contribution in [2.75, 3.05) is 6.61 Å². The molecule has 16 heavy (non-hydrogen) atoms. The van der Waals surface area contributed by atoms with Crippen molar-refractivity contribution in [3.05, 3.63) is 42.4 Å². The number of amides is 1.